The van der Waals surface area contributed by atoms with Crippen molar-refractivity contribution in [1.82, 2.24) is 5.32 Å². The summed E-state index contributed by atoms with van der Waals surface area (Å²) in [6, 6.07) is 7.36. The van der Waals surface area contributed by atoms with E-state index < -0.39 is 15.9 Å². The summed E-state index contributed by atoms with van der Waals surface area (Å²) < 4.78 is 27.9. The fourth-order valence-corrected chi connectivity index (χ4v) is 3.22. The van der Waals surface area contributed by atoms with Gasteiger partial charge in [0.2, 0.25) is 0 Å². The Hall–Kier alpha value is -1.37. The lowest BCUT2D eigenvalue weighted by Crippen LogP contribution is -2.38. The lowest BCUT2D eigenvalue weighted by atomic mass is 10.2. The van der Waals surface area contributed by atoms with Gasteiger partial charge < -0.3 is 15.2 Å². The molecule has 20 heavy (non-hydrogen) atoms. The standard InChI is InChI=1S/C14H19NO4S/c1-11-3-2-4-14(7-11)19-9-13(16)8-15-12-5-6-20(17,18)10-12/h2-7,12-13,15-16H,8-10H2,1H3. The van der Waals surface area contributed by atoms with Gasteiger partial charge in [0, 0.05) is 18.0 Å². The Balaban J connectivity index is 1.71. The van der Waals surface area contributed by atoms with Gasteiger partial charge >= 0.3 is 0 Å². The monoisotopic (exact) mass is 297 g/mol. The van der Waals surface area contributed by atoms with Crippen LogP contribution < -0.4 is 10.1 Å². The normalized spacial score (nSPS) is 21.8. The lowest BCUT2D eigenvalue weighted by molar-refractivity contribution is 0.105. The minimum absolute atomic E-state index is 0.0540. The zero-order valence-electron chi connectivity index (χ0n) is 11.3. The van der Waals surface area contributed by atoms with Crippen molar-refractivity contribution in [3.05, 3.63) is 41.3 Å². The molecule has 1 aromatic carbocycles. The van der Waals surface area contributed by atoms with Crippen LogP contribution in [-0.4, -0.2) is 44.6 Å². The van der Waals surface area contributed by atoms with Gasteiger partial charge in [0.15, 0.2) is 9.84 Å². The number of hydrogen-bond donors (Lipinski definition) is 2. The van der Waals surface area contributed by atoms with Crippen LogP contribution in [0.25, 0.3) is 0 Å². The van der Waals surface area contributed by atoms with Crippen LogP contribution in [0.1, 0.15) is 5.56 Å². The molecule has 0 spiro atoms. The number of ether oxygens (including phenoxy) is 1. The molecule has 2 rings (SSSR count). The molecule has 1 aliphatic rings. The highest BCUT2D eigenvalue weighted by Crippen LogP contribution is 2.12. The van der Waals surface area contributed by atoms with Gasteiger partial charge in [0.25, 0.3) is 0 Å². The van der Waals surface area contributed by atoms with Gasteiger partial charge in [-0.25, -0.2) is 8.42 Å². The number of rotatable bonds is 6. The van der Waals surface area contributed by atoms with Crippen molar-refractivity contribution in [2.24, 2.45) is 0 Å². The zero-order valence-corrected chi connectivity index (χ0v) is 12.1. The smallest absolute Gasteiger partial charge is 0.173 e. The Bertz CT molecular complexity index is 583. The van der Waals surface area contributed by atoms with Gasteiger partial charge in [0.1, 0.15) is 18.5 Å². The van der Waals surface area contributed by atoms with Gasteiger partial charge in [-0.1, -0.05) is 18.2 Å². The molecular formula is C14H19NO4S. The van der Waals surface area contributed by atoms with Crippen LogP contribution in [0.2, 0.25) is 0 Å². The summed E-state index contributed by atoms with van der Waals surface area (Å²) in [5.74, 6) is 0.769. The van der Waals surface area contributed by atoms with Crippen LogP contribution in [0.5, 0.6) is 5.75 Å². The average Bonchev–Trinajstić information content (AvgIpc) is 2.74. The molecule has 0 fully saturated rings. The summed E-state index contributed by atoms with van der Waals surface area (Å²) in [7, 11) is -3.06. The first kappa shape index (κ1) is 15.0. The second-order valence-corrected chi connectivity index (χ2v) is 6.89. The number of benzene rings is 1. The average molecular weight is 297 g/mol. The highest BCUT2D eigenvalue weighted by Gasteiger charge is 2.21. The third kappa shape index (κ3) is 4.63. The Labute approximate surface area is 119 Å². The highest BCUT2D eigenvalue weighted by molar-refractivity contribution is 7.94. The summed E-state index contributed by atoms with van der Waals surface area (Å²) in [5, 5.41) is 14.0. The Morgan fingerprint density at radius 3 is 2.95 bits per heavy atom. The van der Waals surface area contributed by atoms with Crippen LogP contribution in [-0.2, 0) is 9.84 Å². The maximum atomic E-state index is 11.2. The van der Waals surface area contributed by atoms with E-state index in [9.17, 15) is 13.5 Å². The molecule has 5 nitrogen and oxygen atoms in total. The highest BCUT2D eigenvalue weighted by atomic mass is 32.2. The van der Waals surface area contributed by atoms with E-state index in [1.807, 2.05) is 31.2 Å². The van der Waals surface area contributed by atoms with Crippen LogP contribution in [0.15, 0.2) is 35.7 Å². The van der Waals surface area contributed by atoms with Crippen LogP contribution in [0.3, 0.4) is 0 Å². The number of hydrogen-bond acceptors (Lipinski definition) is 5. The van der Waals surface area contributed by atoms with Crippen molar-refractivity contribution < 1.29 is 18.3 Å². The Kier molecular flexibility index (Phi) is 4.80. The number of aryl methyl sites for hydroxylation is 1. The summed E-state index contributed by atoms with van der Waals surface area (Å²) in [4.78, 5) is 0. The predicted molar refractivity (Wildman–Crippen MR) is 77.4 cm³/mol. The SMILES string of the molecule is Cc1cccc(OCC(O)CNC2C=CS(=O)(=O)C2)c1. The molecule has 2 unspecified atom stereocenters. The predicted octanol–water partition coefficient (Wildman–Crippen LogP) is 0.635. The minimum atomic E-state index is -3.06. The van der Waals surface area contributed by atoms with Crippen LogP contribution in [0.4, 0.5) is 0 Å². The van der Waals surface area contributed by atoms with E-state index in [1.54, 1.807) is 6.08 Å². The van der Waals surface area contributed by atoms with Crippen molar-refractivity contribution in [2.45, 2.75) is 19.1 Å². The van der Waals surface area contributed by atoms with E-state index in [1.165, 1.54) is 5.41 Å². The number of aliphatic hydroxyl groups is 1. The molecule has 2 atom stereocenters. The minimum Gasteiger partial charge on any atom is -0.491 e. The topological polar surface area (TPSA) is 75.6 Å². The van der Waals surface area contributed by atoms with Gasteiger partial charge in [0.05, 0.1) is 5.75 Å². The Morgan fingerprint density at radius 1 is 1.50 bits per heavy atom. The van der Waals surface area contributed by atoms with Gasteiger partial charge in [-0.3, -0.25) is 0 Å². The van der Waals surface area contributed by atoms with Crippen molar-refractivity contribution in [2.75, 3.05) is 18.9 Å². The van der Waals surface area contributed by atoms with Crippen molar-refractivity contribution in [3.63, 3.8) is 0 Å². The summed E-state index contributed by atoms with van der Waals surface area (Å²) >= 11 is 0. The van der Waals surface area contributed by atoms with Gasteiger partial charge in [-0.05, 0) is 24.6 Å². The van der Waals surface area contributed by atoms with Crippen molar-refractivity contribution in [3.8, 4) is 5.75 Å². The Morgan fingerprint density at radius 2 is 2.30 bits per heavy atom. The van der Waals surface area contributed by atoms with E-state index in [0.29, 0.717) is 5.75 Å². The van der Waals surface area contributed by atoms with Crippen LogP contribution in [0, 0.1) is 6.92 Å². The molecule has 1 heterocycles. The molecular weight excluding hydrogens is 278 g/mol. The lowest BCUT2D eigenvalue weighted by Gasteiger charge is -2.15. The van der Waals surface area contributed by atoms with Crippen molar-refractivity contribution in [1.29, 1.82) is 0 Å². The fraction of sp³-hybridized carbons (Fsp3) is 0.429. The summed E-state index contributed by atoms with van der Waals surface area (Å²) in [6.45, 7) is 2.42. The third-order valence-electron chi connectivity index (χ3n) is 2.98. The molecule has 0 amide bonds. The first-order chi connectivity index (χ1) is 9.44. The molecule has 110 valence electrons. The zero-order chi connectivity index (χ0) is 14.6. The largest absolute Gasteiger partial charge is 0.491 e. The number of sulfone groups is 1. The first-order valence-electron chi connectivity index (χ1n) is 6.46. The molecule has 0 saturated heterocycles. The van der Waals surface area contributed by atoms with E-state index >= 15 is 0 Å². The van der Waals surface area contributed by atoms with E-state index in [0.717, 1.165) is 5.56 Å². The second kappa shape index (κ2) is 6.39. The fourth-order valence-electron chi connectivity index (χ4n) is 1.95. The first-order valence-corrected chi connectivity index (χ1v) is 8.18. The summed E-state index contributed by atoms with van der Waals surface area (Å²) in [6.07, 6.45) is 0.913. The molecule has 0 saturated carbocycles. The molecule has 0 bridgehead atoms. The molecule has 0 aromatic heterocycles. The van der Waals surface area contributed by atoms with Gasteiger partial charge in [-0.15, -0.1) is 0 Å². The van der Waals surface area contributed by atoms with Crippen molar-refractivity contribution >= 4 is 9.84 Å². The van der Waals surface area contributed by atoms with Crippen LogP contribution >= 0.6 is 0 Å². The maximum Gasteiger partial charge on any atom is 0.173 e. The molecule has 1 aromatic rings. The molecule has 2 N–H and O–H groups in total. The number of nitrogens with one attached hydrogen (secondary N) is 1. The summed E-state index contributed by atoms with van der Waals surface area (Å²) in [5.41, 5.74) is 1.09. The third-order valence-corrected chi connectivity index (χ3v) is 4.37. The number of aliphatic hydroxyl groups excluding tert-OH is 1. The quantitative estimate of drug-likeness (QED) is 0.806. The molecule has 0 radical (unpaired) electrons. The second-order valence-electron chi connectivity index (χ2n) is 4.95. The molecule has 6 heteroatoms. The maximum absolute atomic E-state index is 11.2. The van der Waals surface area contributed by atoms with E-state index in [-0.39, 0.29) is 24.9 Å². The molecule has 1 aliphatic heterocycles. The van der Waals surface area contributed by atoms with Gasteiger partial charge in [-0.2, -0.15) is 0 Å². The molecule has 0 aliphatic carbocycles. The van der Waals surface area contributed by atoms with E-state index in [4.69, 9.17) is 4.74 Å². The van der Waals surface area contributed by atoms with E-state index in [2.05, 4.69) is 5.32 Å².